The Hall–Kier alpha value is -2.30. The number of aromatic nitrogens is 2. The van der Waals surface area contributed by atoms with Crippen LogP contribution in [0, 0.1) is 0 Å². The summed E-state index contributed by atoms with van der Waals surface area (Å²) in [6.45, 7) is 1.00. The second kappa shape index (κ2) is 4.52. The Bertz CT molecular complexity index is 562. The van der Waals surface area contributed by atoms with E-state index in [9.17, 15) is 4.79 Å². The third kappa shape index (κ3) is 2.07. The molecule has 0 spiro atoms. The lowest BCUT2D eigenvalue weighted by molar-refractivity contribution is 0.102. The van der Waals surface area contributed by atoms with Gasteiger partial charge in [0.15, 0.2) is 0 Å². The molecule has 5 nitrogen and oxygen atoms in total. The van der Waals surface area contributed by atoms with Crippen molar-refractivity contribution in [3.8, 4) is 0 Å². The zero-order valence-electron chi connectivity index (χ0n) is 9.86. The minimum absolute atomic E-state index is 0.140. The van der Waals surface area contributed by atoms with Crippen LogP contribution >= 0.6 is 0 Å². The molecule has 0 atom stereocenters. The van der Waals surface area contributed by atoms with E-state index in [1.165, 1.54) is 5.56 Å². The molecule has 3 N–H and O–H groups in total. The number of hydrogen-bond donors (Lipinski definition) is 3. The molecule has 1 aliphatic heterocycles. The second-order valence-electron chi connectivity index (χ2n) is 4.29. The molecule has 2 heterocycles. The number of rotatable bonds is 2. The van der Waals surface area contributed by atoms with Crippen LogP contribution in [0.1, 0.15) is 22.3 Å². The van der Waals surface area contributed by atoms with Gasteiger partial charge in [-0.25, -0.2) is 4.98 Å². The largest absolute Gasteiger partial charge is 0.385 e. The number of amides is 1. The summed E-state index contributed by atoms with van der Waals surface area (Å²) in [6.07, 6.45) is 5.40. The first-order valence-electron chi connectivity index (χ1n) is 6.00. The van der Waals surface area contributed by atoms with E-state index in [4.69, 9.17) is 0 Å². The highest BCUT2D eigenvalue weighted by atomic mass is 16.1. The highest BCUT2D eigenvalue weighted by Crippen LogP contribution is 2.23. The van der Waals surface area contributed by atoms with Gasteiger partial charge in [0.1, 0.15) is 0 Å². The predicted molar refractivity (Wildman–Crippen MR) is 69.8 cm³/mol. The number of anilines is 2. The summed E-state index contributed by atoms with van der Waals surface area (Å²) in [5, 5.41) is 6.04. The number of aromatic amines is 1. The van der Waals surface area contributed by atoms with Crippen LogP contribution in [0.5, 0.6) is 0 Å². The van der Waals surface area contributed by atoms with Crippen LogP contribution in [0.3, 0.4) is 0 Å². The number of imidazole rings is 1. The number of aryl methyl sites for hydroxylation is 1. The molecule has 0 aliphatic carbocycles. The van der Waals surface area contributed by atoms with Crippen LogP contribution in [0.25, 0.3) is 0 Å². The zero-order valence-corrected chi connectivity index (χ0v) is 9.86. The molecule has 0 radical (unpaired) electrons. The van der Waals surface area contributed by atoms with Crippen LogP contribution in [0.4, 0.5) is 11.6 Å². The zero-order chi connectivity index (χ0) is 12.4. The van der Waals surface area contributed by atoms with Gasteiger partial charge >= 0.3 is 0 Å². The fourth-order valence-electron chi connectivity index (χ4n) is 2.13. The van der Waals surface area contributed by atoms with Gasteiger partial charge in [-0.15, -0.1) is 0 Å². The van der Waals surface area contributed by atoms with Crippen molar-refractivity contribution < 1.29 is 4.79 Å². The maximum absolute atomic E-state index is 12.0. The number of carbonyl (C=O) groups is 1. The van der Waals surface area contributed by atoms with Crippen molar-refractivity contribution >= 4 is 17.5 Å². The second-order valence-corrected chi connectivity index (χ2v) is 4.29. The Morgan fingerprint density at radius 1 is 1.39 bits per heavy atom. The number of nitrogens with zero attached hydrogens (tertiary/aromatic N) is 1. The maximum atomic E-state index is 12.0. The summed E-state index contributed by atoms with van der Waals surface area (Å²) in [5.41, 5.74) is 3.00. The van der Waals surface area contributed by atoms with Crippen LogP contribution in [0.2, 0.25) is 0 Å². The summed E-state index contributed by atoms with van der Waals surface area (Å²) in [4.78, 5) is 18.8. The number of fused-ring (bicyclic) bond motifs is 1. The van der Waals surface area contributed by atoms with E-state index in [0.29, 0.717) is 11.5 Å². The molecule has 2 aromatic rings. The Kier molecular flexibility index (Phi) is 2.72. The van der Waals surface area contributed by atoms with Crippen molar-refractivity contribution in [2.24, 2.45) is 0 Å². The van der Waals surface area contributed by atoms with E-state index >= 15 is 0 Å². The Balaban J connectivity index is 1.81. The lowest BCUT2D eigenvalue weighted by Crippen LogP contribution is -2.16. The average molecular weight is 242 g/mol. The molecule has 0 unspecified atom stereocenters. The first kappa shape index (κ1) is 10.8. The summed E-state index contributed by atoms with van der Waals surface area (Å²) >= 11 is 0. The minimum atomic E-state index is -0.140. The Morgan fingerprint density at radius 3 is 3.17 bits per heavy atom. The van der Waals surface area contributed by atoms with E-state index in [1.54, 1.807) is 12.4 Å². The maximum Gasteiger partial charge on any atom is 0.257 e. The quantitative estimate of drug-likeness (QED) is 0.754. The van der Waals surface area contributed by atoms with Gasteiger partial charge in [0.25, 0.3) is 5.91 Å². The van der Waals surface area contributed by atoms with Gasteiger partial charge in [-0.1, -0.05) is 0 Å². The molecule has 0 saturated carbocycles. The smallest absolute Gasteiger partial charge is 0.257 e. The molecule has 0 fully saturated rings. The van der Waals surface area contributed by atoms with Crippen molar-refractivity contribution in [3.63, 3.8) is 0 Å². The van der Waals surface area contributed by atoms with E-state index in [2.05, 4.69) is 20.6 Å². The molecule has 1 aromatic heterocycles. The molecule has 3 rings (SSSR count). The standard InChI is InChI=1S/C13H14N4O/c18-12(17-13-15-6-7-16-13)10-3-4-11-9(8-10)2-1-5-14-11/h3-4,6-8,14H,1-2,5H2,(H2,15,16,17,18). The molecule has 18 heavy (non-hydrogen) atoms. The molecule has 1 amide bonds. The van der Waals surface area contributed by atoms with E-state index in [1.807, 2.05) is 18.2 Å². The molecular weight excluding hydrogens is 228 g/mol. The summed E-state index contributed by atoms with van der Waals surface area (Å²) < 4.78 is 0. The van der Waals surface area contributed by atoms with Crippen molar-refractivity contribution in [2.75, 3.05) is 17.2 Å². The molecule has 0 saturated heterocycles. The SMILES string of the molecule is O=C(Nc1ncc[nH]1)c1ccc2c(c1)CCCN2. The van der Waals surface area contributed by atoms with Crippen LogP contribution in [-0.2, 0) is 6.42 Å². The first-order chi connectivity index (χ1) is 8.83. The summed E-state index contributed by atoms with van der Waals surface area (Å²) in [6, 6.07) is 5.74. The summed E-state index contributed by atoms with van der Waals surface area (Å²) in [5.74, 6) is 0.328. The fourth-order valence-corrected chi connectivity index (χ4v) is 2.13. The highest BCUT2D eigenvalue weighted by Gasteiger charge is 2.12. The van der Waals surface area contributed by atoms with E-state index in [0.717, 1.165) is 25.1 Å². The van der Waals surface area contributed by atoms with Crippen molar-refractivity contribution in [2.45, 2.75) is 12.8 Å². The van der Waals surface area contributed by atoms with Gasteiger partial charge in [0, 0.05) is 30.2 Å². The van der Waals surface area contributed by atoms with Gasteiger partial charge in [-0.05, 0) is 36.6 Å². The number of hydrogen-bond acceptors (Lipinski definition) is 3. The van der Waals surface area contributed by atoms with Gasteiger partial charge in [-0.2, -0.15) is 0 Å². The number of carbonyl (C=O) groups excluding carboxylic acids is 1. The average Bonchev–Trinajstić information content (AvgIpc) is 2.91. The third-order valence-electron chi connectivity index (χ3n) is 3.04. The molecular formula is C13H14N4O. The van der Waals surface area contributed by atoms with Crippen LogP contribution < -0.4 is 10.6 Å². The minimum Gasteiger partial charge on any atom is -0.385 e. The monoisotopic (exact) mass is 242 g/mol. The topological polar surface area (TPSA) is 69.8 Å². The van der Waals surface area contributed by atoms with E-state index < -0.39 is 0 Å². The predicted octanol–water partition coefficient (Wildman–Crippen LogP) is 2.02. The molecule has 1 aromatic carbocycles. The van der Waals surface area contributed by atoms with Gasteiger partial charge in [0.2, 0.25) is 5.95 Å². The fraction of sp³-hybridized carbons (Fsp3) is 0.231. The van der Waals surface area contributed by atoms with E-state index in [-0.39, 0.29) is 5.91 Å². The Labute approximate surface area is 105 Å². The number of nitrogens with one attached hydrogen (secondary N) is 3. The third-order valence-corrected chi connectivity index (χ3v) is 3.04. The van der Waals surface area contributed by atoms with Crippen LogP contribution in [-0.4, -0.2) is 22.4 Å². The number of benzene rings is 1. The lowest BCUT2D eigenvalue weighted by Gasteiger charge is -2.18. The lowest BCUT2D eigenvalue weighted by atomic mass is 10.0. The first-order valence-corrected chi connectivity index (χ1v) is 6.00. The van der Waals surface area contributed by atoms with Crippen molar-refractivity contribution in [1.82, 2.24) is 9.97 Å². The summed E-state index contributed by atoms with van der Waals surface area (Å²) in [7, 11) is 0. The Morgan fingerprint density at radius 2 is 2.33 bits per heavy atom. The highest BCUT2D eigenvalue weighted by molar-refractivity contribution is 6.03. The number of H-pyrrole nitrogens is 1. The van der Waals surface area contributed by atoms with Gasteiger partial charge in [-0.3, -0.25) is 10.1 Å². The molecule has 1 aliphatic rings. The van der Waals surface area contributed by atoms with Crippen molar-refractivity contribution in [1.29, 1.82) is 0 Å². The van der Waals surface area contributed by atoms with Crippen molar-refractivity contribution in [3.05, 3.63) is 41.7 Å². The molecule has 92 valence electrons. The molecule has 5 heteroatoms. The van der Waals surface area contributed by atoms with Crippen LogP contribution in [0.15, 0.2) is 30.6 Å². The van der Waals surface area contributed by atoms with Gasteiger partial charge in [0.05, 0.1) is 0 Å². The van der Waals surface area contributed by atoms with Gasteiger partial charge < -0.3 is 10.3 Å². The molecule has 0 bridgehead atoms. The normalized spacial score (nSPS) is 13.6.